The maximum atomic E-state index is 12.9. The molecule has 0 spiro atoms. The predicted molar refractivity (Wildman–Crippen MR) is 120 cm³/mol. The molecule has 4 rings (SSSR count). The van der Waals surface area contributed by atoms with E-state index in [9.17, 15) is 4.79 Å². The zero-order valence-corrected chi connectivity index (χ0v) is 16.8. The summed E-state index contributed by atoms with van der Waals surface area (Å²) in [7, 11) is 1.89. The van der Waals surface area contributed by atoms with Gasteiger partial charge in [-0.1, -0.05) is 30.4 Å². The van der Waals surface area contributed by atoms with Crippen LogP contribution in [0.1, 0.15) is 13.8 Å². The third kappa shape index (κ3) is 3.43. The molecule has 5 nitrogen and oxygen atoms in total. The molecule has 0 saturated carbocycles. The second-order valence-electron chi connectivity index (χ2n) is 7.10. The van der Waals surface area contributed by atoms with Crippen molar-refractivity contribution < 1.29 is 0 Å². The average Bonchev–Trinajstić information content (AvgIpc) is 3.15. The van der Waals surface area contributed by atoms with Crippen LogP contribution in [0.4, 0.5) is 0 Å². The number of hydrogen-bond donors (Lipinski definition) is 0. The summed E-state index contributed by atoms with van der Waals surface area (Å²) in [4.78, 5) is 17.5. The van der Waals surface area contributed by atoms with Gasteiger partial charge in [-0.05, 0) is 43.7 Å². The maximum Gasteiger partial charge on any atom is 0.255 e. The van der Waals surface area contributed by atoms with Crippen LogP contribution in [0, 0.1) is 0 Å². The van der Waals surface area contributed by atoms with Crippen molar-refractivity contribution in [1.82, 2.24) is 19.3 Å². The first kappa shape index (κ1) is 18.6. The SMILES string of the molecule is C=C(C)/C=C\C(=C/C)n1c(=O)ccc2cnc3ccc(-c4cnn(C)c4)cc3c21. The Balaban J connectivity index is 2.07. The molecule has 4 aromatic rings. The molecule has 0 amide bonds. The molecule has 0 atom stereocenters. The van der Waals surface area contributed by atoms with Gasteiger partial charge in [0.2, 0.25) is 0 Å². The Morgan fingerprint density at radius 2 is 1.93 bits per heavy atom. The highest BCUT2D eigenvalue weighted by molar-refractivity contribution is 6.06. The van der Waals surface area contributed by atoms with Gasteiger partial charge < -0.3 is 0 Å². The summed E-state index contributed by atoms with van der Waals surface area (Å²) in [6, 6.07) is 9.50. The van der Waals surface area contributed by atoms with Gasteiger partial charge in [-0.2, -0.15) is 5.10 Å². The van der Waals surface area contributed by atoms with E-state index < -0.39 is 0 Å². The van der Waals surface area contributed by atoms with Gasteiger partial charge in [-0.15, -0.1) is 0 Å². The van der Waals surface area contributed by atoms with E-state index in [1.807, 2.05) is 75.9 Å². The first-order valence-corrected chi connectivity index (χ1v) is 9.42. The number of aryl methyl sites for hydroxylation is 1. The lowest BCUT2D eigenvalue weighted by Crippen LogP contribution is -2.18. The maximum absolute atomic E-state index is 12.9. The van der Waals surface area contributed by atoms with E-state index in [4.69, 9.17) is 0 Å². The van der Waals surface area contributed by atoms with Crippen molar-refractivity contribution in [3.8, 4) is 11.1 Å². The Morgan fingerprint density at radius 3 is 2.62 bits per heavy atom. The van der Waals surface area contributed by atoms with E-state index in [1.165, 1.54) is 0 Å². The molecule has 144 valence electrons. The zero-order chi connectivity index (χ0) is 20.5. The molecule has 0 unspecified atom stereocenters. The van der Waals surface area contributed by atoms with Crippen LogP contribution in [0.3, 0.4) is 0 Å². The van der Waals surface area contributed by atoms with Crippen molar-refractivity contribution in [2.24, 2.45) is 7.05 Å². The van der Waals surface area contributed by atoms with Gasteiger partial charge in [0.15, 0.2) is 0 Å². The standard InChI is InChI=1S/C24H22N4O/c1-5-20(9-6-16(2)3)28-23(29)11-8-18-13-25-22-10-7-17(12-21(22)24(18)28)19-14-26-27(4)15-19/h5-15H,2H2,1,3-4H3/b9-6-,20-5+. The van der Waals surface area contributed by atoms with Crippen LogP contribution in [0.2, 0.25) is 0 Å². The number of fused-ring (bicyclic) bond motifs is 3. The minimum Gasteiger partial charge on any atom is -0.277 e. The summed E-state index contributed by atoms with van der Waals surface area (Å²) in [5.41, 5.74) is 5.35. The van der Waals surface area contributed by atoms with Gasteiger partial charge in [-0.3, -0.25) is 19.0 Å². The van der Waals surface area contributed by atoms with Gasteiger partial charge in [0.05, 0.1) is 17.2 Å². The smallest absolute Gasteiger partial charge is 0.255 e. The molecule has 0 bridgehead atoms. The summed E-state index contributed by atoms with van der Waals surface area (Å²) in [6.45, 7) is 7.77. The zero-order valence-electron chi connectivity index (χ0n) is 16.8. The monoisotopic (exact) mass is 382 g/mol. The fraction of sp³-hybridized carbons (Fsp3) is 0.125. The number of pyridine rings is 2. The van der Waals surface area contributed by atoms with E-state index in [0.29, 0.717) is 0 Å². The molecule has 0 N–H and O–H groups in total. The molecular formula is C24H22N4O. The lowest BCUT2D eigenvalue weighted by atomic mass is 10.0. The first-order chi connectivity index (χ1) is 14.0. The van der Waals surface area contributed by atoms with Crippen molar-refractivity contribution in [2.45, 2.75) is 13.8 Å². The third-order valence-electron chi connectivity index (χ3n) is 4.85. The molecule has 3 heterocycles. The van der Waals surface area contributed by atoms with Crippen LogP contribution in [0.15, 0.2) is 84.1 Å². The largest absolute Gasteiger partial charge is 0.277 e. The second kappa shape index (κ2) is 7.36. The van der Waals surface area contributed by atoms with Gasteiger partial charge in [-0.25, -0.2) is 0 Å². The Labute approximate surface area is 168 Å². The highest BCUT2D eigenvalue weighted by atomic mass is 16.1. The number of benzene rings is 1. The Bertz CT molecular complexity index is 1370. The van der Waals surface area contributed by atoms with Crippen LogP contribution >= 0.6 is 0 Å². The van der Waals surface area contributed by atoms with Crippen LogP contribution in [-0.2, 0) is 7.05 Å². The van der Waals surface area contributed by atoms with Gasteiger partial charge >= 0.3 is 0 Å². The molecule has 5 heteroatoms. The number of rotatable bonds is 4. The molecule has 0 fully saturated rings. The molecule has 0 saturated heterocycles. The highest BCUT2D eigenvalue weighted by Gasteiger charge is 2.12. The van der Waals surface area contributed by atoms with E-state index in [-0.39, 0.29) is 5.56 Å². The molecule has 29 heavy (non-hydrogen) atoms. The number of allylic oxidation sites excluding steroid dienone is 5. The minimum atomic E-state index is -0.0868. The molecule has 3 aromatic heterocycles. The third-order valence-corrected chi connectivity index (χ3v) is 4.85. The molecule has 0 aliphatic rings. The summed E-state index contributed by atoms with van der Waals surface area (Å²) in [5, 5.41) is 6.10. The Hall–Kier alpha value is -3.73. The number of hydrogen-bond acceptors (Lipinski definition) is 3. The molecule has 0 radical (unpaired) electrons. The summed E-state index contributed by atoms with van der Waals surface area (Å²) >= 11 is 0. The molecule has 0 aliphatic heterocycles. The summed E-state index contributed by atoms with van der Waals surface area (Å²) < 4.78 is 3.52. The second-order valence-corrected chi connectivity index (χ2v) is 7.10. The van der Waals surface area contributed by atoms with Crippen LogP contribution in [0.25, 0.3) is 38.6 Å². The molecule has 0 aliphatic carbocycles. The quantitative estimate of drug-likeness (QED) is 0.371. The van der Waals surface area contributed by atoms with Crippen LogP contribution in [-0.4, -0.2) is 19.3 Å². The number of aromatic nitrogens is 4. The Morgan fingerprint density at radius 1 is 1.10 bits per heavy atom. The Kier molecular flexibility index (Phi) is 4.72. The fourth-order valence-electron chi connectivity index (χ4n) is 3.45. The van der Waals surface area contributed by atoms with Crippen molar-refractivity contribution in [2.75, 3.05) is 0 Å². The normalized spacial score (nSPS) is 12.3. The van der Waals surface area contributed by atoms with E-state index in [2.05, 4.69) is 22.7 Å². The van der Waals surface area contributed by atoms with Crippen molar-refractivity contribution in [3.63, 3.8) is 0 Å². The van der Waals surface area contributed by atoms with Crippen molar-refractivity contribution in [1.29, 1.82) is 0 Å². The van der Waals surface area contributed by atoms with Crippen LogP contribution < -0.4 is 5.56 Å². The fourth-order valence-corrected chi connectivity index (χ4v) is 3.45. The predicted octanol–water partition coefficient (Wildman–Crippen LogP) is 4.94. The lowest BCUT2D eigenvalue weighted by Gasteiger charge is -2.14. The minimum absolute atomic E-state index is 0.0868. The van der Waals surface area contributed by atoms with E-state index in [1.54, 1.807) is 15.3 Å². The van der Waals surface area contributed by atoms with Crippen molar-refractivity contribution >= 4 is 27.5 Å². The summed E-state index contributed by atoms with van der Waals surface area (Å²) in [6.07, 6.45) is 11.4. The average molecular weight is 382 g/mol. The topological polar surface area (TPSA) is 52.7 Å². The first-order valence-electron chi connectivity index (χ1n) is 9.42. The van der Waals surface area contributed by atoms with E-state index in [0.717, 1.165) is 44.2 Å². The lowest BCUT2D eigenvalue weighted by molar-refractivity contribution is 0.768. The van der Waals surface area contributed by atoms with E-state index >= 15 is 0 Å². The van der Waals surface area contributed by atoms with Crippen LogP contribution in [0.5, 0.6) is 0 Å². The summed E-state index contributed by atoms with van der Waals surface area (Å²) in [5.74, 6) is 0. The van der Waals surface area contributed by atoms with Crippen molar-refractivity contribution in [3.05, 3.63) is 89.7 Å². The molecule has 1 aromatic carbocycles. The van der Waals surface area contributed by atoms with Gasteiger partial charge in [0.1, 0.15) is 0 Å². The highest BCUT2D eigenvalue weighted by Crippen LogP contribution is 2.29. The van der Waals surface area contributed by atoms with Gasteiger partial charge in [0.25, 0.3) is 5.56 Å². The molecular weight excluding hydrogens is 360 g/mol. The number of nitrogens with zero attached hydrogens (tertiary/aromatic N) is 4. The van der Waals surface area contributed by atoms with Gasteiger partial charge in [0, 0.05) is 47.5 Å².